The lowest BCUT2D eigenvalue weighted by Gasteiger charge is -2.30. The zero-order valence-electron chi connectivity index (χ0n) is 34.0. The van der Waals surface area contributed by atoms with Gasteiger partial charge < -0.3 is 0 Å². The quantitative estimate of drug-likeness (QED) is 0.168. The molecular formula is C58H38N4. The van der Waals surface area contributed by atoms with Gasteiger partial charge in [0.15, 0.2) is 17.5 Å². The van der Waals surface area contributed by atoms with Gasteiger partial charge in [-0.2, -0.15) is 0 Å². The molecule has 290 valence electrons. The van der Waals surface area contributed by atoms with Crippen LogP contribution < -0.4 is 0 Å². The average molecular weight is 791 g/mol. The van der Waals surface area contributed by atoms with E-state index in [0.717, 1.165) is 61.3 Å². The van der Waals surface area contributed by atoms with E-state index >= 15 is 0 Å². The first-order valence-electron chi connectivity index (χ1n) is 21.1. The van der Waals surface area contributed by atoms with E-state index in [1.807, 2.05) is 30.5 Å². The monoisotopic (exact) mass is 790 g/mol. The van der Waals surface area contributed by atoms with Gasteiger partial charge in [-0.25, -0.2) is 15.0 Å². The second kappa shape index (κ2) is 14.3. The van der Waals surface area contributed by atoms with Crippen molar-refractivity contribution < 1.29 is 0 Å². The molecule has 2 heterocycles. The molecule has 0 aliphatic heterocycles. The molecule has 0 unspecified atom stereocenters. The number of hydrogen-bond acceptors (Lipinski definition) is 4. The Kier molecular flexibility index (Phi) is 8.26. The van der Waals surface area contributed by atoms with Crippen molar-refractivity contribution in [2.24, 2.45) is 0 Å². The van der Waals surface area contributed by atoms with E-state index in [2.05, 4.69) is 189 Å². The highest BCUT2D eigenvalue weighted by Crippen LogP contribution is 2.64. The van der Waals surface area contributed by atoms with Gasteiger partial charge in [0.1, 0.15) is 0 Å². The minimum Gasteiger partial charge on any atom is -0.256 e. The third kappa shape index (κ3) is 5.40. The SMILES string of the molecule is Cc1ccc(-c2ccccc2-c2ccc3c(c2-c2nc(-c4ccccc4)nc(-c4ccccc4-c4ccccc4)n2)-c2ccccc2C32c3ccccc3-c3ccccc32)nc1. The van der Waals surface area contributed by atoms with Gasteiger partial charge in [0.05, 0.1) is 11.1 Å². The summed E-state index contributed by atoms with van der Waals surface area (Å²) in [5, 5.41) is 0. The molecule has 12 rings (SSSR count). The molecule has 1 spiro atoms. The first-order chi connectivity index (χ1) is 30.7. The molecule has 0 saturated carbocycles. The van der Waals surface area contributed by atoms with Crippen LogP contribution >= 0.6 is 0 Å². The van der Waals surface area contributed by atoms with E-state index < -0.39 is 5.41 Å². The Balaban J connectivity index is 1.23. The topological polar surface area (TPSA) is 51.6 Å². The summed E-state index contributed by atoms with van der Waals surface area (Å²) in [6.07, 6.45) is 1.94. The molecule has 0 saturated heterocycles. The molecule has 2 aromatic heterocycles. The number of fused-ring (bicyclic) bond motifs is 10. The lowest BCUT2D eigenvalue weighted by Crippen LogP contribution is -2.25. The molecule has 4 heteroatoms. The summed E-state index contributed by atoms with van der Waals surface area (Å²) in [4.78, 5) is 21.4. The molecule has 62 heavy (non-hydrogen) atoms. The van der Waals surface area contributed by atoms with Crippen molar-refractivity contribution in [2.75, 3.05) is 0 Å². The molecule has 4 nitrogen and oxygen atoms in total. The van der Waals surface area contributed by atoms with Crippen LogP contribution in [0.3, 0.4) is 0 Å². The predicted octanol–water partition coefficient (Wildman–Crippen LogP) is 13.9. The fourth-order valence-electron chi connectivity index (χ4n) is 10.1. The van der Waals surface area contributed by atoms with Crippen molar-refractivity contribution >= 4 is 0 Å². The highest BCUT2D eigenvalue weighted by molar-refractivity contribution is 6.04. The number of aryl methyl sites for hydroxylation is 1. The lowest BCUT2D eigenvalue weighted by atomic mass is 9.70. The average Bonchev–Trinajstić information content (AvgIpc) is 3.82. The van der Waals surface area contributed by atoms with Crippen LogP contribution in [0.1, 0.15) is 27.8 Å². The van der Waals surface area contributed by atoms with E-state index in [-0.39, 0.29) is 0 Å². The molecule has 0 N–H and O–H groups in total. The Bertz CT molecular complexity index is 3310. The molecule has 8 aromatic carbocycles. The Labute approximate surface area is 361 Å². The van der Waals surface area contributed by atoms with Crippen molar-refractivity contribution in [3.63, 3.8) is 0 Å². The van der Waals surface area contributed by atoms with E-state index in [0.29, 0.717) is 17.5 Å². The summed E-state index contributed by atoms with van der Waals surface area (Å²) < 4.78 is 0. The van der Waals surface area contributed by atoms with E-state index in [1.54, 1.807) is 0 Å². The van der Waals surface area contributed by atoms with Gasteiger partial charge in [-0.1, -0.05) is 200 Å². The first kappa shape index (κ1) is 35.8. The molecular weight excluding hydrogens is 753 g/mol. The number of aromatic nitrogens is 4. The largest absolute Gasteiger partial charge is 0.256 e. The summed E-state index contributed by atoms with van der Waals surface area (Å²) in [5.74, 6) is 1.84. The Morgan fingerprint density at radius 3 is 1.45 bits per heavy atom. The first-order valence-corrected chi connectivity index (χ1v) is 21.1. The second-order valence-electron chi connectivity index (χ2n) is 16.1. The summed E-state index contributed by atoms with van der Waals surface area (Å²) in [6, 6.07) is 73.6. The molecule has 0 bridgehead atoms. The van der Waals surface area contributed by atoms with Crippen LogP contribution in [-0.2, 0) is 5.41 Å². The number of pyridine rings is 1. The van der Waals surface area contributed by atoms with Crippen LogP contribution in [0.4, 0.5) is 0 Å². The molecule has 0 atom stereocenters. The summed E-state index contributed by atoms with van der Waals surface area (Å²) >= 11 is 0. The normalized spacial score (nSPS) is 12.7. The molecule has 10 aromatic rings. The standard InChI is InChI=1S/C58H38N4/c1-37-32-35-52(59-36-37)44-26-10-9-23-41(44)45-33-34-51-53(47-28-14-17-31-50(47)58(51)48-29-15-12-24-42(48)43-25-13-16-30-49(43)58)54(45)57-61-55(39-20-6-3-7-21-39)60-56(62-57)46-27-11-8-22-40(46)38-18-4-2-5-19-38/h2-36H,1H3. The molecule has 0 radical (unpaired) electrons. The second-order valence-corrected chi connectivity index (χ2v) is 16.1. The van der Waals surface area contributed by atoms with Gasteiger partial charge in [-0.05, 0) is 85.3 Å². The maximum Gasteiger partial charge on any atom is 0.165 e. The fourth-order valence-corrected chi connectivity index (χ4v) is 10.1. The van der Waals surface area contributed by atoms with E-state index in [4.69, 9.17) is 19.9 Å². The number of hydrogen-bond donors (Lipinski definition) is 0. The van der Waals surface area contributed by atoms with Gasteiger partial charge in [0.25, 0.3) is 0 Å². The molecule has 0 fully saturated rings. The van der Waals surface area contributed by atoms with Crippen LogP contribution in [0.5, 0.6) is 0 Å². The Morgan fingerprint density at radius 1 is 0.306 bits per heavy atom. The maximum absolute atomic E-state index is 5.60. The molecule has 0 amide bonds. The van der Waals surface area contributed by atoms with Gasteiger partial charge in [-0.15, -0.1) is 0 Å². The summed E-state index contributed by atoms with van der Waals surface area (Å²) in [5.41, 5.74) is 19.4. The number of rotatable bonds is 6. The van der Waals surface area contributed by atoms with E-state index in [9.17, 15) is 0 Å². The van der Waals surface area contributed by atoms with Crippen LogP contribution in [0.2, 0.25) is 0 Å². The Hall–Kier alpha value is -8.08. The highest BCUT2D eigenvalue weighted by atomic mass is 15.0. The third-order valence-corrected chi connectivity index (χ3v) is 12.7. The van der Waals surface area contributed by atoms with Crippen molar-refractivity contribution in [2.45, 2.75) is 12.3 Å². The molecule has 2 aliphatic rings. The van der Waals surface area contributed by atoms with Gasteiger partial charge in [0.2, 0.25) is 0 Å². The maximum atomic E-state index is 5.60. The predicted molar refractivity (Wildman–Crippen MR) is 251 cm³/mol. The van der Waals surface area contributed by atoms with Crippen molar-refractivity contribution in [3.8, 4) is 89.9 Å². The molecule has 2 aliphatic carbocycles. The number of benzene rings is 8. The summed E-state index contributed by atoms with van der Waals surface area (Å²) in [7, 11) is 0. The van der Waals surface area contributed by atoms with Crippen LogP contribution in [0, 0.1) is 6.92 Å². The summed E-state index contributed by atoms with van der Waals surface area (Å²) in [6.45, 7) is 2.08. The third-order valence-electron chi connectivity index (χ3n) is 12.7. The van der Waals surface area contributed by atoms with Crippen molar-refractivity contribution in [3.05, 3.63) is 240 Å². The van der Waals surface area contributed by atoms with Crippen molar-refractivity contribution in [1.29, 1.82) is 0 Å². The van der Waals surface area contributed by atoms with Crippen molar-refractivity contribution in [1.82, 2.24) is 19.9 Å². The van der Waals surface area contributed by atoms with E-state index in [1.165, 1.54) is 38.9 Å². The zero-order chi connectivity index (χ0) is 41.2. The lowest BCUT2D eigenvalue weighted by molar-refractivity contribution is 0.794. The minimum absolute atomic E-state index is 0.553. The van der Waals surface area contributed by atoms with Crippen LogP contribution in [-0.4, -0.2) is 19.9 Å². The van der Waals surface area contributed by atoms with Crippen LogP contribution in [0.15, 0.2) is 212 Å². The van der Waals surface area contributed by atoms with Gasteiger partial charge in [-0.3, -0.25) is 4.98 Å². The Morgan fingerprint density at radius 2 is 0.806 bits per heavy atom. The minimum atomic E-state index is -0.553. The fraction of sp³-hybridized carbons (Fsp3) is 0.0345. The van der Waals surface area contributed by atoms with Gasteiger partial charge >= 0.3 is 0 Å². The zero-order valence-corrected chi connectivity index (χ0v) is 34.0. The van der Waals surface area contributed by atoms with Gasteiger partial charge in [0, 0.05) is 28.5 Å². The number of nitrogens with zero attached hydrogens (tertiary/aromatic N) is 4. The van der Waals surface area contributed by atoms with Crippen LogP contribution in [0.25, 0.3) is 89.9 Å². The smallest absolute Gasteiger partial charge is 0.165 e. The highest BCUT2D eigenvalue weighted by Gasteiger charge is 2.52.